The highest BCUT2D eigenvalue weighted by atomic mass is 16.3. The Morgan fingerprint density at radius 2 is 1.78 bits per heavy atom. The van der Waals surface area contributed by atoms with Gasteiger partial charge in [-0.3, -0.25) is 0 Å². The standard InChI is InChI=1S/C5H10O.C2H6O/c1-5(2)3-4-6;1-2-3/h6H,1,3-4H2,2H3;3H,2H2,1H3. The molecular formula is C7H16O2. The first-order chi connectivity index (χ1) is 4.18. The predicted molar refractivity (Wildman–Crippen MR) is 39.3 cm³/mol. The molecule has 0 aliphatic carbocycles. The van der Waals surface area contributed by atoms with Gasteiger partial charge in [0.2, 0.25) is 0 Å². The van der Waals surface area contributed by atoms with Gasteiger partial charge in [-0.1, -0.05) is 5.57 Å². The lowest BCUT2D eigenvalue weighted by Crippen LogP contribution is -1.79. The second-order valence-corrected chi connectivity index (χ2v) is 1.75. The molecule has 0 aliphatic heterocycles. The van der Waals surface area contributed by atoms with Crippen LogP contribution in [0.5, 0.6) is 0 Å². The summed E-state index contributed by atoms with van der Waals surface area (Å²) in [5.41, 5.74) is 1.04. The van der Waals surface area contributed by atoms with Gasteiger partial charge in [0.15, 0.2) is 0 Å². The van der Waals surface area contributed by atoms with Gasteiger partial charge >= 0.3 is 0 Å². The molecule has 0 aliphatic rings. The van der Waals surface area contributed by atoms with Gasteiger partial charge in [-0.2, -0.15) is 0 Å². The first kappa shape index (κ1) is 11.5. The monoisotopic (exact) mass is 132 g/mol. The maximum Gasteiger partial charge on any atom is 0.0467 e. The molecule has 9 heavy (non-hydrogen) atoms. The van der Waals surface area contributed by atoms with E-state index in [9.17, 15) is 0 Å². The van der Waals surface area contributed by atoms with Crippen LogP contribution < -0.4 is 0 Å². The second-order valence-electron chi connectivity index (χ2n) is 1.75. The van der Waals surface area contributed by atoms with Crippen LogP contribution >= 0.6 is 0 Å². The highest BCUT2D eigenvalue weighted by Gasteiger charge is 1.77. The Balaban J connectivity index is 0. The van der Waals surface area contributed by atoms with Crippen molar-refractivity contribution in [3.63, 3.8) is 0 Å². The molecule has 2 heteroatoms. The fourth-order valence-electron chi connectivity index (χ4n) is 0.191. The summed E-state index contributed by atoms with van der Waals surface area (Å²) in [6, 6.07) is 0. The van der Waals surface area contributed by atoms with Gasteiger partial charge in [-0.25, -0.2) is 0 Å². The molecule has 0 amide bonds. The molecule has 0 aromatic carbocycles. The van der Waals surface area contributed by atoms with Crippen molar-refractivity contribution in [3.8, 4) is 0 Å². The molecule has 0 saturated heterocycles. The van der Waals surface area contributed by atoms with Crippen LogP contribution in [0.4, 0.5) is 0 Å². The summed E-state index contributed by atoms with van der Waals surface area (Å²) in [4.78, 5) is 0. The molecule has 0 rings (SSSR count). The average Bonchev–Trinajstić information content (AvgIpc) is 1.67. The Hall–Kier alpha value is -0.340. The maximum absolute atomic E-state index is 8.18. The number of hydrogen-bond donors (Lipinski definition) is 2. The smallest absolute Gasteiger partial charge is 0.0467 e. The van der Waals surface area contributed by atoms with Crippen LogP contribution in [0.25, 0.3) is 0 Å². The van der Waals surface area contributed by atoms with Crippen molar-refractivity contribution in [2.24, 2.45) is 0 Å². The number of rotatable bonds is 2. The first-order valence-electron chi connectivity index (χ1n) is 3.05. The van der Waals surface area contributed by atoms with Gasteiger partial charge in [0, 0.05) is 13.2 Å². The lowest BCUT2D eigenvalue weighted by Gasteiger charge is -1.87. The Labute approximate surface area is 56.8 Å². The summed E-state index contributed by atoms with van der Waals surface area (Å²) in [5.74, 6) is 0. The Kier molecular flexibility index (Phi) is 13.5. The normalized spacial score (nSPS) is 7.56. The third kappa shape index (κ3) is 34.7. The first-order valence-corrected chi connectivity index (χ1v) is 3.05. The molecule has 0 fully saturated rings. The molecule has 56 valence electrons. The minimum Gasteiger partial charge on any atom is -0.397 e. The lowest BCUT2D eigenvalue weighted by atomic mass is 10.3. The van der Waals surface area contributed by atoms with E-state index in [1.807, 2.05) is 6.92 Å². The molecule has 0 aromatic heterocycles. The average molecular weight is 132 g/mol. The number of hydrogen-bond acceptors (Lipinski definition) is 2. The van der Waals surface area contributed by atoms with Gasteiger partial charge < -0.3 is 10.2 Å². The van der Waals surface area contributed by atoms with Crippen LogP contribution in [0.3, 0.4) is 0 Å². The topological polar surface area (TPSA) is 40.5 Å². The Morgan fingerprint density at radius 1 is 1.44 bits per heavy atom. The number of aliphatic hydroxyl groups is 2. The van der Waals surface area contributed by atoms with Gasteiger partial charge in [-0.05, 0) is 20.3 Å². The zero-order valence-corrected chi connectivity index (χ0v) is 6.22. The van der Waals surface area contributed by atoms with Gasteiger partial charge in [-0.15, -0.1) is 6.58 Å². The van der Waals surface area contributed by atoms with Crippen LogP contribution in [-0.2, 0) is 0 Å². The summed E-state index contributed by atoms with van der Waals surface area (Å²) in [5, 5.41) is 15.7. The van der Waals surface area contributed by atoms with Crippen molar-refractivity contribution in [3.05, 3.63) is 12.2 Å². The van der Waals surface area contributed by atoms with E-state index in [1.54, 1.807) is 6.92 Å². The fraction of sp³-hybridized carbons (Fsp3) is 0.714. The SMILES string of the molecule is C=C(C)CCO.CCO. The molecule has 0 radical (unpaired) electrons. The molecule has 0 atom stereocenters. The van der Waals surface area contributed by atoms with Crippen molar-refractivity contribution in [1.82, 2.24) is 0 Å². The van der Waals surface area contributed by atoms with E-state index in [-0.39, 0.29) is 13.2 Å². The van der Waals surface area contributed by atoms with Crippen molar-refractivity contribution in [1.29, 1.82) is 0 Å². The quantitative estimate of drug-likeness (QED) is 0.549. The van der Waals surface area contributed by atoms with Crippen molar-refractivity contribution >= 4 is 0 Å². The van der Waals surface area contributed by atoms with Gasteiger partial charge in [0.1, 0.15) is 0 Å². The minimum atomic E-state index is 0.231. The summed E-state index contributed by atoms with van der Waals surface area (Å²) in [6.07, 6.45) is 0.736. The van der Waals surface area contributed by atoms with E-state index in [0.29, 0.717) is 0 Å². The number of aliphatic hydroxyl groups excluding tert-OH is 2. The molecule has 0 unspecified atom stereocenters. The molecule has 0 saturated carbocycles. The van der Waals surface area contributed by atoms with Gasteiger partial charge in [0.05, 0.1) is 0 Å². The molecule has 0 aromatic rings. The van der Waals surface area contributed by atoms with Crippen LogP contribution in [0.15, 0.2) is 12.2 Å². The molecule has 0 bridgehead atoms. The van der Waals surface area contributed by atoms with Crippen molar-refractivity contribution < 1.29 is 10.2 Å². The molecule has 0 spiro atoms. The summed E-state index contributed by atoms with van der Waals surface area (Å²) < 4.78 is 0. The van der Waals surface area contributed by atoms with Crippen LogP contribution in [0, 0.1) is 0 Å². The second kappa shape index (κ2) is 10.6. The summed E-state index contributed by atoms with van der Waals surface area (Å²) in [7, 11) is 0. The predicted octanol–water partition coefficient (Wildman–Crippen LogP) is 0.944. The third-order valence-corrected chi connectivity index (χ3v) is 0.539. The van der Waals surface area contributed by atoms with E-state index in [0.717, 1.165) is 12.0 Å². The molecule has 2 nitrogen and oxygen atoms in total. The van der Waals surface area contributed by atoms with Crippen molar-refractivity contribution in [2.45, 2.75) is 20.3 Å². The van der Waals surface area contributed by atoms with E-state index in [1.165, 1.54) is 0 Å². The minimum absolute atomic E-state index is 0.231. The lowest BCUT2D eigenvalue weighted by molar-refractivity contribution is 0.299. The van der Waals surface area contributed by atoms with Crippen LogP contribution in [0.2, 0.25) is 0 Å². The maximum atomic E-state index is 8.18. The highest BCUT2D eigenvalue weighted by molar-refractivity contribution is 4.86. The molecular weight excluding hydrogens is 116 g/mol. The molecule has 2 N–H and O–H groups in total. The van der Waals surface area contributed by atoms with E-state index >= 15 is 0 Å². The highest BCUT2D eigenvalue weighted by Crippen LogP contribution is 1.90. The van der Waals surface area contributed by atoms with Crippen LogP contribution in [0.1, 0.15) is 20.3 Å². The van der Waals surface area contributed by atoms with E-state index in [2.05, 4.69) is 6.58 Å². The zero-order valence-electron chi connectivity index (χ0n) is 6.22. The molecule has 0 heterocycles. The summed E-state index contributed by atoms with van der Waals surface area (Å²) >= 11 is 0. The van der Waals surface area contributed by atoms with Gasteiger partial charge in [0.25, 0.3) is 0 Å². The fourth-order valence-corrected chi connectivity index (χ4v) is 0.191. The van der Waals surface area contributed by atoms with Crippen LogP contribution in [-0.4, -0.2) is 23.4 Å². The summed E-state index contributed by atoms with van der Waals surface area (Å²) in [6.45, 7) is 7.65. The van der Waals surface area contributed by atoms with E-state index < -0.39 is 0 Å². The Bertz CT molecular complexity index is 59.9. The third-order valence-electron chi connectivity index (χ3n) is 0.539. The largest absolute Gasteiger partial charge is 0.397 e. The Morgan fingerprint density at radius 3 is 1.78 bits per heavy atom. The van der Waals surface area contributed by atoms with E-state index in [4.69, 9.17) is 10.2 Å². The zero-order chi connectivity index (χ0) is 7.70. The van der Waals surface area contributed by atoms with Crippen molar-refractivity contribution in [2.75, 3.05) is 13.2 Å².